The first-order chi connectivity index (χ1) is 5.85. The van der Waals surface area contributed by atoms with Gasteiger partial charge in [-0.05, 0) is 19.4 Å². The molecule has 4 nitrogen and oxygen atoms in total. The molecule has 0 saturated heterocycles. The number of hydrogen-bond acceptors (Lipinski definition) is 3. The maximum Gasteiger partial charge on any atom is 0.216 e. The maximum atomic E-state index is 10.1. The van der Waals surface area contributed by atoms with Crippen molar-refractivity contribution in [3.63, 3.8) is 0 Å². The van der Waals surface area contributed by atoms with Gasteiger partial charge < -0.3 is 5.73 Å². The predicted molar refractivity (Wildman–Crippen MR) is 46.4 cm³/mol. The molecule has 4 heteroatoms. The van der Waals surface area contributed by atoms with Crippen molar-refractivity contribution in [2.45, 2.75) is 25.7 Å². The highest BCUT2D eigenvalue weighted by Crippen LogP contribution is 1.98. The van der Waals surface area contributed by atoms with Crippen molar-refractivity contribution in [3.05, 3.63) is 0 Å². The third kappa shape index (κ3) is 5.85. The van der Waals surface area contributed by atoms with Gasteiger partial charge in [0.1, 0.15) is 0 Å². The Hall–Kier alpha value is -0.900. The van der Waals surface area contributed by atoms with E-state index in [4.69, 9.17) is 5.73 Å². The number of imide groups is 1. The Morgan fingerprint density at radius 1 is 1.00 bits per heavy atom. The first-order valence-corrected chi connectivity index (χ1v) is 4.21. The summed E-state index contributed by atoms with van der Waals surface area (Å²) < 4.78 is 0. The zero-order valence-corrected chi connectivity index (χ0v) is 7.24. The van der Waals surface area contributed by atoms with Crippen LogP contribution >= 0.6 is 0 Å². The fourth-order valence-electron chi connectivity index (χ4n) is 0.923. The van der Waals surface area contributed by atoms with Crippen molar-refractivity contribution in [3.8, 4) is 0 Å². The molecular weight excluding hydrogens is 156 g/mol. The van der Waals surface area contributed by atoms with Gasteiger partial charge in [0.2, 0.25) is 12.8 Å². The second kappa shape index (κ2) is 8.20. The van der Waals surface area contributed by atoms with Crippen LogP contribution in [-0.2, 0) is 9.59 Å². The predicted octanol–water partition coefficient (Wildman–Crippen LogP) is 0.120. The van der Waals surface area contributed by atoms with Crippen LogP contribution in [-0.4, -0.2) is 30.8 Å². The summed E-state index contributed by atoms with van der Waals surface area (Å²) in [6.45, 7) is 1.24. The van der Waals surface area contributed by atoms with E-state index in [9.17, 15) is 9.59 Å². The van der Waals surface area contributed by atoms with Gasteiger partial charge in [-0.2, -0.15) is 0 Å². The Morgan fingerprint density at radius 2 is 1.58 bits per heavy atom. The Kier molecular flexibility index (Phi) is 7.58. The quantitative estimate of drug-likeness (QED) is 0.418. The lowest BCUT2D eigenvalue weighted by molar-refractivity contribution is -0.129. The van der Waals surface area contributed by atoms with Crippen molar-refractivity contribution in [1.82, 2.24) is 4.90 Å². The van der Waals surface area contributed by atoms with Crippen LogP contribution in [0.2, 0.25) is 0 Å². The Morgan fingerprint density at radius 3 is 2.08 bits per heavy atom. The molecule has 0 aliphatic heterocycles. The Labute approximate surface area is 72.7 Å². The number of unbranched alkanes of at least 4 members (excludes halogenated alkanes) is 3. The second-order valence-electron chi connectivity index (χ2n) is 2.65. The van der Waals surface area contributed by atoms with Crippen LogP contribution in [0, 0.1) is 0 Å². The van der Waals surface area contributed by atoms with E-state index < -0.39 is 0 Å². The number of hydrogen-bond donors (Lipinski definition) is 1. The van der Waals surface area contributed by atoms with E-state index in [1.54, 1.807) is 0 Å². The van der Waals surface area contributed by atoms with Crippen LogP contribution in [0.15, 0.2) is 0 Å². The minimum atomic E-state index is 0.525. The molecule has 2 amide bonds. The summed E-state index contributed by atoms with van der Waals surface area (Å²) in [4.78, 5) is 21.4. The minimum Gasteiger partial charge on any atom is -0.330 e. The lowest BCUT2D eigenvalue weighted by atomic mass is 10.2. The van der Waals surface area contributed by atoms with E-state index in [1.807, 2.05) is 0 Å². The zero-order valence-electron chi connectivity index (χ0n) is 7.24. The molecule has 0 unspecified atom stereocenters. The van der Waals surface area contributed by atoms with Crippen molar-refractivity contribution in [2.24, 2.45) is 5.73 Å². The summed E-state index contributed by atoms with van der Waals surface area (Å²) in [5.74, 6) is 0. The highest BCUT2D eigenvalue weighted by atomic mass is 16.2. The highest BCUT2D eigenvalue weighted by Gasteiger charge is 1.96. The molecule has 0 aliphatic carbocycles. The number of carbonyl (C=O) groups excluding carboxylic acids is 2. The molecule has 0 radical (unpaired) electrons. The SMILES string of the molecule is NCCCCCCN(C=O)C=O. The molecule has 0 aromatic rings. The highest BCUT2D eigenvalue weighted by molar-refractivity contribution is 5.68. The van der Waals surface area contributed by atoms with Crippen molar-refractivity contribution < 1.29 is 9.59 Å². The van der Waals surface area contributed by atoms with Gasteiger partial charge in [0, 0.05) is 6.54 Å². The largest absolute Gasteiger partial charge is 0.330 e. The number of nitrogens with zero attached hydrogens (tertiary/aromatic N) is 1. The molecule has 0 rings (SSSR count). The van der Waals surface area contributed by atoms with Gasteiger partial charge in [-0.1, -0.05) is 12.8 Å². The number of rotatable bonds is 8. The summed E-state index contributed by atoms with van der Waals surface area (Å²) in [5, 5.41) is 0. The molecule has 70 valence electrons. The van der Waals surface area contributed by atoms with E-state index >= 15 is 0 Å². The molecule has 0 bridgehead atoms. The maximum absolute atomic E-state index is 10.1. The second-order valence-corrected chi connectivity index (χ2v) is 2.65. The molecule has 0 fully saturated rings. The standard InChI is InChI=1S/C8H16N2O2/c9-5-3-1-2-4-6-10(7-11)8-12/h7-8H,1-6,9H2. The van der Waals surface area contributed by atoms with Crippen LogP contribution in [0.3, 0.4) is 0 Å². The topological polar surface area (TPSA) is 63.4 Å². The van der Waals surface area contributed by atoms with E-state index in [0.29, 0.717) is 25.9 Å². The molecular formula is C8H16N2O2. The van der Waals surface area contributed by atoms with Gasteiger partial charge in [-0.25, -0.2) is 0 Å². The average Bonchev–Trinajstić information content (AvgIpc) is 2.11. The van der Waals surface area contributed by atoms with E-state index in [-0.39, 0.29) is 0 Å². The third-order valence-electron chi connectivity index (χ3n) is 1.64. The van der Waals surface area contributed by atoms with Crippen molar-refractivity contribution in [1.29, 1.82) is 0 Å². The molecule has 0 aromatic heterocycles. The number of carbonyl (C=O) groups is 2. The molecule has 0 spiro atoms. The van der Waals surface area contributed by atoms with Crippen molar-refractivity contribution >= 4 is 12.8 Å². The normalized spacial score (nSPS) is 9.42. The van der Waals surface area contributed by atoms with Crippen LogP contribution < -0.4 is 5.73 Å². The van der Waals surface area contributed by atoms with E-state index in [1.165, 1.54) is 0 Å². The third-order valence-corrected chi connectivity index (χ3v) is 1.64. The average molecular weight is 172 g/mol. The first-order valence-electron chi connectivity index (χ1n) is 4.21. The summed E-state index contributed by atoms with van der Waals surface area (Å²) in [6.07, 6.45) is 5.09. The Bertz CT molecular complexity index is 120. The summed E-state index contributed by atoms with van der Waals surface area (Å²) in [7, 11) is 0. The van der Waals surface area contributed by atoms with Crippen LogP contribution in [0.4, 0.5) is 0 Å². The van der Waals surface area contributed by atoms with Crippen LogP contribution in [0.25, 0.3) is 0 Å². The fourth-order valence-corrected chi connectivity index (χ4v) is 0.923. The first kappa shape index (κ1) is 11.1. The smallest absolute Gasteiger partial charge is 0.216 e. The van der Waals surface area contributed by atoms with Crippen LogP contribution in [0.1, 0.15) is 25.7 Å². The molecule has 0 atom stereocenters. The van der Waals surface area contributed by atoms with Crippen LogP contribution in [0.5, 0.6) is 0 Å². The fraction of sp³-hybridized carbons (Fsp3) is 0.750. The monoisotopic (exact) mass is 172 g/mol. The lowest BCUT2D eigenvalue weighted by Crippen LogP contribution is -2.20. The molecule has 0 aliphatic rings. The minimum absolute atomic E-state index is 0.525. The summed E-state index contributed by atoms with van der Waals surface area (Å²) in [5.41, 5.74) is 5.30. The number of nitrogens with two attached hydrogens (primary N) is 1. The molecule has 0 saturated carbocycles. The van der Waals surface area contributed by atoms with E-state index in [2.05, 4.69) is 0 Å². The number of amides is 2. The summed E-state index contributed by atoms with van der Waals surface area (Å²) >= 11 is 0. The molecule has 12 heavy (non-hydrogen) atoms. The molecule has 2 N–H and O–H groups in total. The van der Waals surface area contributed by atoms with Gasteiger partial charge in [-0.15, -0.1) is 0 Å². The molecule has 0 aromatic carbocycles. The van der Waals surface area contributed by atoms with Gasteiger partial charge in [-0.3, -0.25) is 14.5 Å². The zero-order chi connectivity index (χ0) is 9.23. The van der Waals surface area contributed by atoms with Gasteiger partial charge in [0.05, 0.1) is 0 Å². The van der Waals surface area contributed by atoms with Gasteiger partial charge >= 0.3 is 0 Å². The lowest BCUT2D eigenvalue weighted by Gasteiger charge is -2.07. The van der Waals surface area contributed by atoms with Crippen molar-refractivity contribution in [2.75, 3.05) is 13.1 Å². The molecule has 0 heterocycles. The van der Waals surface area contributed by atoms with Gasteiger partial charge in [0.15, 0.2) is 0 Å². The summed E-state index contributed by atoms with van der Waals surface area (Å²) in [6, 6.07) is 0. The Balaban J connectivity index is 3.17. The van der Waals surface area contributed by atoms with Gasteiger partial charge in [0.25, 0.3) is 0 Å². The van der Waals surface area contributed by atoms with E-state index in [0.717, 1.165) is 30.6 Å².